The second-order valence-corrected chi connectivity index (χ2v) is 5.44. The highest BCUT2D eigenvalue weighted by atomic mass is 19.1. The number of halogens is 2. The number of hydrogen-bond acceptors (Lipinski definition) is 2. The Labute approximate surface area is 117 Å². The van der Waals surface area contributed by atoms with Crippen LogP contribution in [0.25, 0.3) is 0 Å². The van der Waals surface area contributed by atoms with Crippen molar-refractivity contribution >= 4 is 5.91 Å². The molecule has 1 aliphatic heterocycles. The van der Waals surface area contributed by atoms with Gasteiger partial charge in [-0.25, -0.2) is 8.78 Å². The van der Waals surface area contributed by atoms with Crippen LogP contribution < -0.4 is 5.73 Å². The third kappa shape index (κ3) is 2.54. The van der Waals surface area contributed by atoms with Crippen LogP contribution in [0.1, 0.15) is 42.1 Å². The number of likely N-dealkylation sites (tertiary alicyclic amines) is 1. The Hall–Kier alpha value is -1.49. The fourth-order valence-corrected chi connectivity index (χ4v) is 2.87. The molecule has 0 aliphatic carbocycles. The molecule has 0 spiro atoms. The number of carbonyl (C=O) groups excluding carboxylic acids is 1. The minimum Gasteiger partial charge on any atom is -0.332 e. The van der Waals surface area contributed by atoms with Gasteiger partial charge in [0.2, 0.25) is 0 Å². The SMILES string of the molecule is Cc1ccc(F)c(C(=O)N2C(C)CCCC2CN)c1F. The largest absolute Gasteiger partial charge is 0.332 e. The number of hydrogen-bond donors (Lipinski definition) is 1. The molecule has 20 heavy (non-hydrogen) atoms. The number of benzene rings is 1. The van der Waals surface area contributed by atoms with Crippen molar-refractivity contribution in [1.82, 2.24) is 4.90 Å². The van der Waals surface area contributed by atoms with E-state index in [1.54, 1.807) is 4.90 Å². The first kappa shape index (κ1) is 14.9. The first-order valence-corrected chi connectivity index (χ1v) is 6.94. The van der Waals surface area contributed by atoms with Gasteiger partial charge >= 0.3 is 0 Å². The molecule has 1 saturated heterocycles. The van der Waals surface area contributed by atoms with Gasteiger partial charge in [0, 0.05) is 18.6 Å². The summed E-state index contributed by atoms with van der Waals surface area (Å²) in [7, 11) is 0. The molecule has 0 saturated carbocycles. The molecule has 2 rings (SSSR count). The second-order valence-electron chi connectivity index (χ2n) is 5.44. The third-order valence-electron chi connectivity index (χ3n) is 4.03. The Morgan fingerprint density at radius 2 is 2.10 bits per heavy atom. The molecule has 1 aliphatic rings. The fourth-order valence-electron chi connectivity index (χ4n) is 2.87. The Balaban J connectivity index is 2.42. The number of piperidine rings is 1. The quantitative estimate of drug-likeness (QED) is 0.906. The summed E-state index contributed by atoms with van der Waals surface area (Å²) < 4.78 is 28.0. The second kappa shape index (κ2) is 5.87. The first-order chi connectivity index (χ1) is 9.47. The summed E-state index contributed by atoms with van der Waals surface area (Å²) in [5.41, 5.74) is 5.50. The van der Waals surface area contributed by atoms with Crippen molar-refractivity contribution in [2.75, 3.05) is 6.54 Å². The van der Waals surface area contributed by atoms with Gasteiger partial charge in [-0.2, -0.15) is 0 Å². The number of nitrogens with two attached hydrogens (primary N) is 1. The predicted octanol–water partition coefficient (Wildman–Crippen LogP) is 2.62. The Bertz CT molecular complexity index is 519. The summed E-state index contributed by atoms with van der Waals surface area (Å²) in [4.78, 5) is 14.1. The molecule has 1 aromatic rings. The zero-order valence-electron chi connectivity index (χ0n) is 11.8. The third-order valence-corrected chi connectivity index (χ3v) is 4.03. The molecule has 2 atom stereocenters. The predicted molar refractivity (Wildman–Crippen MR) is 73.4 cm³/mol. The van der Waals surface area contributed by atoms with Crippen molar-refractivity contribution in [2.45, 2.75) is 45.2 Å². The van der Waals surface area contributed by atoms with E-state index in [0.717, 1.165) is 25.3 Å². The molecular weight excluding hydrogens is 262 g/mol. The van der Waals surface area contributed by atoms with E-state index in [4.69, 9.17) is 5.73 Å². The lowest BCUT2D eigenvalue weighted by molar-refractivity contribution is 0.0484. The van der Waals surface area contributed by atoms with E-state index < -0.39 is 23.1 Å². The lowest BCUT2D eigenvalue weighted by atomic mass is 9.95. The van der Waals surface area contributed by atoms with E-state index in [2.05, 4.69) is 0 Å². The van der Waals surface area contributed by atoms with Crippen LogP contribution in [-0.4, -0.2) is 29.4 Å². The van der Waals surface area contributed by atoms with Gasteiger partial charge in [-0.3, -0.25) is 4.79 Å². The van der Waals surface area contributed by atoms with Crippen LogP contribution in [0.2, 0.25) is 0 Å². The minimum absolute atomic E-state index is 0.0517. The van der Waals surface area contributed by atoms with Crippen molar-refractivity contribution in [2.24, 2.45) is 5.73 Å². The Morgan fingerprint density at radius 1 is 1.40 bits per heavy atom. The molecule has 0 bridgehead atoms. The average molecular weight is 282 g/mol. The average Bonchev–Trinajstić information content (AvgIpc) is 2.42. The van der Waals surface area contributed by atoms with E-state index >= 15 is 0 Å². The molecule has 1 heterocycles. The summed E-state index contributed by atoms with van der Waals surface area (Å²) >= 11 is 0. The fraction of sp³-hybridized carbons (Fsp3) is 0.533. The van der Waals surface area contributed by atoms with Gasteiger partial charge in [-0.15, -0.1) is 0 Å². The van der Waals surface area contributed by atoms with Gasteiger partial charge in [0.05, 0.1) is 0 Å². The smallest absolute Gasteiger partial charge is 0.260 e. The van der Waals surface area contributed by atoms with E-state index in [0.29, 0.717) is 6.54 Å². The van der Waals surface area contributed by atoms with E-state index in [-0.39, 0.29) is 17.6 Å². The standard InChI is InChI=1S/C15H20F2N2O/c1-9-6-7-12(16)13(14(9)17)15(20)19-10(2)4-3-5-11(19)8-18/h6-7,10-11H,3-5,8,18H2,1-2H3. The lowest BCUT2D eigenvalue weighted by Crippen LogP contribution is -2.52. The Kier molecular flexibility index (Phi) is 4.38. The first-order valence-electron chi connectivity index (χ1n) is 6.94. The van der Waals surface area contributed by atoms with Gasteiger partial charge in [0.15, 0.2) is 0 Å². The minimum atomic E-state index is -0.813. The van der Waals surface area contributed by atoms with Gasteiger partial charge in [-0.05, 0) is 44.7 Å². The normalized spacial score (nSPS) is 22.9. The van der Waals surface area contributed by atoms with Crippen molar-refractivity contribution < 1.29 is 13.6 Å². The van der Waals surface area contributed by atoms with Gasteiger partial charge < -0.3 is 10.6 Å². The summed E-state index contributed by atoms with van der Waals surface area (Å²) in [6, 6.07) is 2.27. The maximum Gasteiger partial charge on any atom is 0.260 e. The number of nitrogens with zero attached hydrogens (tertiary/aromatic N) is 1. The number of rotatable bonds is 2. The highest BCUT2D eigenvalue weighted by molar-refractivity contribution is 5.95. The zero-order chi connectivity index (χ0) is 14.9. The summed E-state index contributed by atoms with van der Waals surface area (Å²) in [5.74, 6) is -2.18. The molecule has 5 heteroatoms. The van der Waals surface area contributed by atoms with Crippen LogP contribution in [0.5, 0.6) is 0 Å². The van der Waals surface area contributed by atoms with Crippen LogP contribution in [0.3, 0.4) is 0 Å². The molecule has 1 amide bonds. The van der Waals surface area contributed by atoms with Crippen LogP contribution in [0, 0.1) is 18.6 Å². The highest BCUT2D eigenvalue weighted by Crippen LogP contribution is 2.27. The zero-order valence-corrected chi connectivity index (χ0v) is 11.8. The molecule has 1 aromatic carbocycles. The Morgan fingerprint density at radius 3 is 2.75 bits per heavy atom. The molecule has 2 N–H and O–H groups in total. The van der Waals surface area contributed by atoms with Crippen molar-refractivity contribution in [3.63, 3.8) is 0 Å². The van der Waals surface area contributed by atoms with E-state index in [9.17, 15) is 13.6 Å². The van der Waals surface area contributed by atoms with Gasteiger partial charge in [-0.1, -0.05) is 6.07 Å². The topological polar surface area (TPSA) is 46.3 Å². The molecule has 2 unspecified atom stereocenters. The van der Waals surface area contributed by atoms with Crippen molar-refractivity contribution in [3.8, 4) is 0 Å². The highest BCUT2D eigenvalue weighted by Gasteiger charge is 2.34. The van der Waals surface area contributed by atoms with Crippen molar-refractivity contribution in [3.05, 3.63) is 34.9 Å². The maximum atomic E-state index is 14.1. The van der Waals surface area contributed by atoms with Crippen LogP contribution in [0.15, 0.2) is 12.1 Å². The summed E-state index contributed by atoms with van der Waals surface area (Å²) in [6.07, 6.45) is 2.59. The van der Waals surface area contributed by atoms with Crippen molar-refractivity contribution in [1.29, 1.82) is 0 Å². The molecule has 1 fully saturated rings. The number of amides is 1. The molecular formula is C15H20F2N2O. The van der Waals surface area contributed by atoms with Crippen LogP contribution in [-0.2, 0) is 0 Å². The van der Waals surface area contributed by atoms with E-state index in [1.165, 1.54) is 13.0 Å². The van der Waals surface area contributed by atoms with Crippen LogP contribution in [0.4, 0.5) is 8.78 Å². The van der Waals surface area contributed by atoms with Crippen LogP contribution >= 0.6 is 0 Å². The lowest BCUT2D eigenvalue weighted by Gasteiger charge is -2.40. The number of aryl methyl sites for hydroxylation is 1. The number of carbonyl (C=O) groups is 1. The monoisotopic (exact) mass is 282 g/mol. The van der Waals surface area contributed by atoms with Gasteiger partial charge in [0.1, 0.15) is 17.2 Å². The molecule has 0 radical (unpaired) electrons. The summed E-state index contributed by atoms with van der Waals surface area (Å²) in [5, 5.41) is 0. The molecule has 3 nitrogen and oxygen atoms in total. The van der Waals surface area contributed by atoms with E-state index in [1.807, 2.05) is 6.92 Å². The van der Waals surface area contributed by atoms with Gasteiger partial charge in [0.25, 0.3) is 5.91 Å². The maximum absolute atomic E-state index is 14.1. The molecule has 0 aromatic heterocycles. The summed E-state index contributed by atoms with van der Waals surface area (Å²) in [6.45, 7) is 3.72. The molecule has 110 valence electrons.